The third-order valence-corrected chi connectivity index (χ3v) is 8.22. The molecule has 2 atom stereocenters. The van der Waals surface area contributed by atoms with Gasteiger partial charge < -0.3 is 25.3 Å². The summed E-state index contributed by atoms with van der Waals surface area (Å²) in [6.45, 7) is 6.63. The second-order valence-corrected chi connectivity index (χ2v) is 11.0. The van der Waals surface area contributed by atoms with Gasteiger partial charge in [0.2, 0.25) is 17.7 Å². The van der Waals surface area contributed by atoms with Crippen LogP contribution in [0.5, 0.6) is 17.2 Å². The quantitative estimate of drug-likeness (QED) is 0.254. The lowest BCUT2D eigenvalue weighted by atomic mass is 10.1. The summed E-state index contributed by atoms with van der Waals surface area (Å²) in [5.74, 6) is 0.594. The minimum absolute atomic E-state index is 0.0399. The standard InChI is InChI=1S/C31H32ClN3O6S/c1-4-14-41-22-10-7-20(8-11-22)31-35(21-9-12-24(32)23(16-21)29(33)37)30(38)27(42-31)17-28(36)34-18-19-6-13-25(39-3)26(15-19)40-5-2/h4,6-13,15-16,27,31H,1,5,14,17-18H2,2-3H3,(H2,33,37)(H,34,36). The van der Waals surface area contributed by atoms with Crippen molar-refractivity contribution in [1.29, 1.82) is 0 Å². The van der Waals surface area contributed by atoms with E-state index in [0.717, 1.165) is 11.1 Å². The molecule has 9 nitrogen and oxygen atoms in total. The van der Waals surface area contributed by atoms with Gasteiger partial charge in [0.15, 0.2) is 11.5 Å². The molecule has 0 bridgehead atoms. The first-order valence-electron chi connectivity index (χ1n) is 13.2. The lowest BCUT2D eigenvalue weighted by molar-refractivity contribution is -0.124. The molecule has 1 fully saturated rings. The Morgan fingerprint density at radius 1 is 1.10 bits per heavy atom. The minimum Gasteiger partial charge on any atom is -0.493 e. The fraction of sp³-hybridized carbons (Fsp3) is 0.258. The number of nitrogens with zero attached hydrogens (tertiary/aromatic N) is 1. The Morgan fingerprint density at radius 2 is 1.86 bits per heavy atom. The molecule has 220 valence electrons. The van der Waals surface area contributed by atoms with E-state index in [1.165, 1.54) is 23.9 Å². The molecule has 11 heteroatoms. The Balaban J connectivity index is 1.54. The molecule has 1 aliphatic rings. The van der Waals surface area contributed by atoms with Crippen molar-refractivity contribution in [3.05, 3.63) is 95.0 Å². The number of hydrogen-bond acceptors (Lipinski definition) is 7. The second kappa shape index (κ2) is 14.2. The van der Waals surface area contributed by atoms with E-state index in [1.807, 2.05) is 43.3 Å². The van der Waals surface area contributed by atoms with Crippen molar-refractivity contribution in [3.63, 3.8) is 0 Å². The molecule has 0 aromatic heterocycles. The Labute approximate surface area is 253 Å². The van der Waals surface area contributed by atoms with Crippen LogP contribution in [-0.4, -0.2) is 43.3 Å². The van der Waals surface area contributed by atoms with Crippen LogP contribution in [0.3, 0.4) is 0 Å². The molecule has 3 aromatic carbocycles. The van der Waals surface area contributed by atoms with Crippen LogP contribution in [0.15, 0.2) is 73.3 Å². The van der Waals surface area contributed by atoms with Gasteiger partial charge in [-0.2, -0.15) is 0 Å². The van der Waals surface area contributed by atoms with Crippen molar-refractivity contribution >= 4 is 46.8 Å². The summed E-state index contributed by atoms with van der Waals surface area (Å²) in [5.41, 5.74) is 7.72. The first kappa shape index (κ1) is 30.8. The lowest BCUT2D eigenvalue weighted by Crippen LogP contribution is -2.34. The van der Waals surface area contributed by atoms with Crippen LogP contribution in [0, 0.1) is 0 Å². The zero-order chi connectivity index (χ0) is 30.2. The van der Waals surface area contributed by atoms with Gasteiger partial charge in [-0.1, -0.05) is 42.5 Å². The smallest absolute Gasteiger partial charge is 0.250 e. The molecule has 1 heterocycles. The van der Waals surface area contributed by atoms with Crippen molar-refractivity contribution in [2.45, 2.75) is 30.5 Å². The third kappa shape index (κ3) is 7.18. The summed E-state index contributed by atoms with van der Waals surface area (Å²) in [4.78, 5) is 40.3. The normalized spacial score (nSPS) is 16.2. The number of primary amides is 1. The number of methoxy groups -OCH3 is 1. The summed E-state index contributed by atoms with van der Waals surface area (Å²) in [7, 11) is 1.57. The van der Waals surface area contributed by atoms with Crippen LogP contribution in [-0.2, 0) is 16.1 Å². The van der Waals surface area contributed by atoms with E-state index < -0.39 is 16.5 Å². The van der Waals surface area contributed by atoms with Crippen LogP contribution < -0.4 is 30.2 Å². The van der Waals surface area contributed by atoms with Crippen LogP contribution in [0.1, 0.15) is 40.2 Å². The van der Waals surface area contributed by atoms with Gasteiger partial charge in [-0.15, -0.1) is 11.8 Å². The third-order valence-electron chi connectivity index (χ3n) is 6.46. The summed E-state index contributed by atoms with van der Waals surface area (Å²) in [6.07, 6.45) is 1.61. The molecule has 0 aliphatic carbocycles. The van der Waals surface area contributed by atoms with Gasteiger partial charge in [-0.3, -0.25) is 19.3 Å². The van der Waals surface area contributed by atoms with E-state index in [9.17, 15) is 14.4 Å². The topological polar surface area (TPSA) is 120 Å². The number of ether oxygens (including phenoxy) is 3. The van der Waals surface area contributed by atoms with Crippen molar-refractivity contribution in [2.75, 3.05) is 25.2 Å². The molecule has 3 amide bonds. The molecule has 2 unspecified atom stereocenters. The average Bonchev–Trinajstić information content (AvgIpc) is 3.30. The maximum absolute atomic E-state index is 13.8. The van der Waals surface area contributed by atoms with Gasteiger partial charge in [-0.25, -0.2) is 0 Å². The minimum atomic E-state index is -0.705. The molecular weight excluding hydrogens is 578 g/mol. The Hall–Kier alpha value is -4.15. The molecule has 3 N–H and O–H groups in total. The van der Waals surface area contributed by atoms with Gasteiger partial charge in [0.05, 0.1) is 29.6 Å². The van der Waals surface area contributed by atoms with Crippen molar-refractivity contribution < 1.29 is 28.6 Å². The SMILES string of the molecule is C=CCOc1ccc(C2SC(CC(=O)NCc3ccc(OC)c(OCC)c3)C(=O)N2c2ccc(Cl)c(C(N)=O)c2)cc1. The number of halogens is 1. The molecular formula is C31H32ClN3O6S. The fourth-order valence-corrected chi connectivity index (χ4v) is 6.11. The predicted molar refractivity (Wildman–Crippen MR) is 164 cm³/mol. The van der Waals surface area contributed by atoms with Crippen molar-refractivity contribution in [3.8, 4) is 17.2 Å². The van der Waals surface area contributed by atoms with E-state index in [1.54, 1.807) is 30.2 Å². The van der Waals surface area contributed by atoms with E-state index in [2.05, 4.69) is 11.9 Å². The van der Waals surface area contributed by atoms with Crippen LogP contribution in [0.25, 0.3) is 0 Å². The first-order chi connectivity index (χ1) is 20.2. The number of nitrogens with one attached hydrogen (secondary N) is 1. The molecule has 0 saturated carbocycles. The van der Waals surface area contributed by atoms with Gasteiger partial charge in [0.1, 0.15) is 17.7 Å². The average molecular weight is 610 g/mol. The molecule has 1 aliphatic heterocycles. The Bertz CT molecular complexity index is 1470. The zero-order valence-electron chi connectivity index (χ0n) is 23.3. The second-order valence-electron chi connectivity index (χ2n) is 9.28. The van der Waals surface area contributed by atoms with Crippen molar-refractivity contribution in [2.24, 2.45) is 5.73 Å². The van der Waals surface area contributed by atoms with Gasteiger partial charge >= 0.3 is 0 Å². The number of nitrogens with two attached hydrogens (primary N) is 1. The number of rotatable bonds is 13. The number of carbonyl (C=O) groups is 3. The van der Waals surface area contributed by atoms with Gasteiger partial charge in [-0.05, 0) is 60.5 Å². The fourth-order valence-electron chi connectivity index (χ4n) is 4.45. The Kier molecular flexibility index (Phi) is 10.4. The van der Waals surface area contributed by atoms with E-state index >= 15 is 0 Å². The summed E-state index contributed by atoms with van der Waals surface area (Å²) in [5, 5.41) is 1.94. The van der Waals surface area contributed by atoms with Crippen LogP contribution in [0.4, 0.5) is 5.69 Å². The number of carbonyl (C=O) groups excluding carboxylic acids is 3. The van der Waals surface area contributed by atoms with Crippen LogP contribution in [0.2, 0.25) is 5.02 Å². The predicted octanol–water partition coefficient (Wildman–Crippen LogP) is 5.26. The van der Waals surface area contributed by atoms with E-state index in [0.29, 0.717) is 36.1 Å². The number of benzene rings is 3. The number of anilines is 1. The maximum atomic E-state index is 13.8. The number of thioether (sulfide) groups is 1. The number of amides is 3. The molecule has 42 heavy (non-hydrogen) atoms. The lowest BCUT2D eigenvalue weighted by Gasteiger charge is -2.25. The largest absolute Gasteiger partial charge is 0.493 e. The highest BCUT2D eigenvalue weighted by atomic mass is 35.5. The molecule has 4 rings (SSSR count). The highest BCUT2D eigenvalue weighted by Crippen LogP contribution is 2.47. The summed E-state index contributed by atoms with van der Waals surface area (Å²) >= 11 is 7.53. The summed E-state index contributed by atoms with van der Waals surface area (Å²) in [6, 6.07) is 17.5. The summed E-state index contributed by atoms with van der Waals surface area (Å²) < 4.78 is 16.5. The molecule has 3 aromatic rings. The molecule has 0 spiro atoms. The Morgan fingerprint density at radius 3 is 2.52 bits per heavy atom. The van der Waals surface area contributed by atoms with Gasteiger partial charge in [0.25, 0.3) is 0 Å². The van der Waals surface area contributed by atoms with Crippen LogP contribution >= 0.6 is 23.4 Å². The highest BCUT2D eigenvalue weighted by molar-refractivity contribution is 8.01. The van der Waals surface area contributed by atoms with E-state index in [-0.39, 0.29) is 35.4 Å². The van der Waals surface area contributed by atoms with Crippen molar-refractivity contribution in [1.82, 2.24) is 5.32 Å². The number of hydrogen-bond donors (Lipinski definition) is 2. The highest BCUT2D eigenvalue weighted by Gasteiger charge is 2.43. The maximum Gasteiger partial charge on any atom is 0.250 e. The first-order valence-corrected chi connectivity index (χ1v) is 14.6. The molecule has 1 saturated heterocycles. The molecule has 0 radical (unpaired) electrons. The van der Waals surface area contributed by atoms with Gasteiger partial charge in [0, 0.05) is 18.7 Å². The monoisotopic (exact) mass is 609 g/mol. The van der Waals surface area contributed by atoms with E-state index in [4.69, 9.17) is 31.5 Å². The zero-order valence-corrected chi connectivity index (χ0v) is 24.9.